The molecule has 0 saturated heterocycles. The number of nitrogens with zero attached hydrogens (tertiary/aromatic N) is 7. The van der Waals surface area contributed by atoms with Gasteiger partial charge in [-0.25, -0.2) is 14.6 Å². The third-order valence-electron chi connectivity index (χ3n) is 5.30. The lowest BCUT2D eigenvalue weighted by Crippen LogP contribution is -2.25. The third kappa shape index (κ3) is 4.21. The molecule has 166 valence electrons. The van der Waals surface area contributed by atoms with Crippen molar-refractivity contribution < 1.29 is 0 Å². The monoisotopic (exact) mass is 460 g/mol. The van der Waals surface area contributed by atoms with Crippen LogP contribution in [0.4, 0.5) is 5.82 Å². The largest absolute Gasteiger partial charge is 0.382 e. The van der Waals surface area contributed by atoms with Crippen LogP contribution >= 0.6 is 11.6 Å². The number of rotatable bonds is 5. The molecule has 4 rings (SSSR count). The number of anilines is 1. The van der Waals surface area contributed by atoms with Gasteiger partial charge in [-0.05, 0) is 38.5 Å². The van der Waals surface area contributed by atoms with Gasteiger partial charge in [0, 0.05) is 23.4 Å². The van der Waals surface area contributed by atoms with Crippen LogP contribution in [0.2, 0.25) is 5.02 Å². The van der Waals surface area contributed by atoms with Crippen LogP contribution in [0.1, 0.15) is 36.6 Å². The summed E-state index contributed by atoms with van der Waals surface area (Å²) in [7, 11) is 0. The number of halogens is 1. The van der Waals surface area contributed by atoms with Crippen molar-refractivity contribution in [3.63, 3.8) is 0 Å². The Morgan fingerprint density at radius 1 is 1.21 bits per heavy atom. The molecule has 0 bridgehead atoms. The maximum atomic E-state index is 12.7. The molecule has 10 heteroatoms. The van der Waals surface area contributed by atoms with Gasteiger partial charge in [0.15, 0.2) is 5.82 Å². The van der Waals surface area contributed by atoms with Crippen molar-refractivity contribution in [1.82, 2.24) is 29.5 Å². The Morgan fingerprint density at radius 2 is 2.00 bits per heavy atom. The Bertz CT molecular complexity index is 1450. The normalized spacial score (nSPS) is 11.0. The van der Waals surface area contributed by atoms with E-state index in [1.54, 1.807) is 39.8 Å². The van der Waals surface area contributed by atoms with E-state index in [0.29, 0.717) is 33.9 Å². The molecular formula is C23H21ClN8O. The van der Waals surface area contributed by atoms with Crippen LogP contribution in [0, 0.1) is 18.3 Å². The number of hydrogen-bond acceptors (Lipinski definition) is 7. The fourth-order valence-corrected chi connectivity index (χ4v) is 3.68. The average molecular weight is 461 g/mol. The van der Waals surface area contributed by atoms with Gasteiger partial charge in [0.05, 0.1) is 24.4 Å². The Hall–Kier alpha value is -4.03. The molecule has 3 aromatic heterocycles. The van der Waals surface area contributed by atoms with Crippen LogP contribution in [0.3, 0.4) is 0 Å². The summed E-state index contributed by atoms with van der Waals surface area (Å²) in [5, 5.41) is 17.8. The maximum Gasteiger partial charge on any atom is 0.255 e. The van der Waals surface area contributed by atoms with Gasteiger partial charge in [0.25, 0.3) is 5.56 Å². The van der Waals surface area contributed by atoms with Gasteiger partial charge in [-0.3, -0.25) is 4.79 Å². The van der Waals surface area contributed by atoms with Crippen molar-refractivity contribution in [2.45, 2.75) is 33.4 Å². The number of pyridine rings is 1. The second-order valence-electron chi connectivity index (χ2n) is 7.83. The highest BCUT2D eigenvalue weighted by Crippen LogP contribution is 2.32. The molecule has 0 saturated carbocycles. The molecule has 4 aromatic rings. The van der Waals surface area contributed by atoms with Crippen molar-refractivity contribution in [1.29, 1.82) is 5.26 Å². The summed E-state index contributed by atoms with van der Waals surface area (Å²) in [4.78, 5) is 21.6. The summed E-state index contributed by atoms with van der Waals surface area (Å²) < 4.78 is 3.21. The van der Waals surface area contributed by atoms with E-state index in [0.717, 1.165) is 5.56 Å². The fourth-order valence-electron chi connectivity index (χ4n) is 3.50. The van der Waals surface area contributed by atoms with Crippen LogP contribution in [0.15, 0.2) is 47.5 Å². The predicted molar refractivity (Wildman–Crippen MR) is 126 cm³/mol. The number of hydrogen-bond donors (Lipinski definition) is 1. The molecule has 1 aromatic carbocycles. The SMILES string of the molecule is Cc1c(C#N)cccc1-c1nc(N)c(Cl)c(-c2cn(Cc3cccn(C(C)C)c3=O)nn2)n1. The van der Waals surface area contributed by atoms with E-state index >= 15 is 0 Å². The quantitative estimate of drug-likeness (QED) is 0.481. The number of nitriles is 1. The van der Waals surface area contributed by atoms with Gasteiger partial charge < -0.3 is 10.3 Å². The molecule has 33 heavy (non-hydrogen) atoms. The van der Waals surface area contributed by atoms with Crippen molar-refractivity contribution in [3.8, 4) is 28.8 Å². The zero-order valence-electron chi connectivity index (χ0n) is 18.3. The smallest absolute Gasteiger partial charge is 0.255 e. The van der Waals surface area contributed by atoms with Crippen molar-refractivity contribution in [3.05, 3.63) is 74.8 Å². The number of benzene rings is 1. The predicted octanol–water partition coefficient (Wildman–Crippen LogP) is 3.61. The zero-order chi connectivity index (χ0) is 23.7. The van der Waals surface area contributed by atoms with Gasteiger partial charge in [-0.2, -0.15) is 5.26 Å². The van der Waals surface area contributed by atoms with E-state index in [-0.39, 0.29) is 29.0 Å². The molecule has 3 heterocycles. The highest BCUT2D eigenvalue weighted by atomic mass is 35.5. The van der Waals surface area contributed by atoms with Gasteiger partial charge >= 0.3 is 0 Å². The Labute approximate surface area is 195 Å². The lowest BCUT2D eigenvalue weighted by Gasteiger charge is -2.11. The van der Waals surface area contributed by atoms with Gasteiger partial charge in [-0.15, -0.1) is 5.10 Å². The lowest BCUT2D eigenvalue weighted by molar-refractivity contribution is 0.563. The van der Waals surface area contributed by atoms with Gasteiger partial charge in [0.1, 0.15) is 22.2 Å². The van der Waals surface area contributed by atoms with E-state index in [2.05, 4.69) is 26.3 Å². The average Bonchev–Trinajstić information content (AvgIpc) is 3.25. The van der Waals surface area contributed by atoms with E-state index in [4.69, 9.17) is 17.3 Å². The minimum atomic E-state index is -0.0796. The summed E-state index contributed by atoms with van der Waals surface area (Å²) in [6, 6.07) is 11.1. The Kier molecular flexibility index (Phi) is 5.94. The Morgan fingerprint density at radius 3 is 2.73 bits per heavy atom. The first-order valence-corrected chi connectivity index (χ1v) is 10.6. The summed E-state index contributed by atoms with van der Waals surface area (Å²) in [6.45, 7) is 5.97. The number of nitrogen functional groups attached to an aromatic ring is 1. The lowest BCUT2D eigenvalue weighted by atomic mass is 10.0. The van der Waals surface area contributed by atoms with Crippen molar-refractivity contribution in [2.24, 2.45) is 0 Å². The minimum Gasteiger partial charge on any atom is -0.382 e. The van der Waals surface area contributed by atoms with Crippen LogP contribution < -0.4 is 11.3 Å². The summed E-state index contributed by atoms with van der Waals surface area (Å²) >= 11 is 6.40. The molecule has 0 aliphatic carbocycles. The molecule has 0 fully saturated rings. The third-order valence-corrected chi connectivity index (χ3v) is 5.67. The number of nitrogens with two attached hydrogens (primary N) is 1. The van der Waals surface area contributed by atoms with Gasteiger partial charge in [-0.1, -0.05) is 35.0 Å². The van der Waals surface area contributed by atoms with Crippen LogP contribution in [0.25, 0.3) is 22.8 Å². The fraction of sp³-hybridized carbons (Fsp3) is 0.217. The number of aromatic nitrogens is 6. The molecule has 0 aliphatic rings. The first-order chi connectivity index (χ1) is 15.8. The van der Waals surface area contributed by atoms with Crippen LogP contribution in [-0.2, 0) is 6.54 Å². The van der Waals surface area contributed by atoms with E-state index < -0.39 is 0 Å². The molecule has 9 nitrogen and oxygen atoms in total. The van der Waals surface area contributed by atoms with Gasteiger partial charge in [0.2, 0.25) is 0 Å². The molecule has 0 spiro atoms. The second-order valence-corrected chi connectivity index (χ2v) is 8.20. The van der Waals surface area contributed by atoms with Crippen LogP contribution in [0.5, 0.6) is 0 Å². The Balaban J connectivity index is 1.73. The molecule has 0 unspecified atom stereocenters. The van der Waals surface area contributed by atoms with E-state index in [9.17, 15) is 10.1 Å². The van der Waals surface area contributed by atoms with Crippen molar-refractivity contribution in [2.75, 3.05) is 5.73 Å². The highest BCUT2D eigenvalue weighted by Gasteiger charge is 2.18. The molecule has 0 aliphatic heterocycles. The summed E-state index contributed by atoms with van der Waals surface area (Å²) in [5.41, 5.74) is 9.21. The standard InChI is InChI=1S/C23H21ClN8O/c1-13(2)32-9-5-7-16(23(32)33)11-31-12-18(29-30-31)20-19(24)21(26)28-22(27-20)17-8-4-6-15(10-25)14(17)3/h4-9,12-13H,11H2,1-3H3,(H2,26,27,28). The molecule has 0 amide bonds. The second kappa shape index (κ2) is 8.84. The highest BCUT2D eigenvalue weighted by molar-refractivity contribution is 6.35. The topological polar surface area (TPSA) is 128 Å². The first-order valence-electron chi connectivity index (χ1n) is 10.2. The summed E-state index contributed by atoms with van der Waals surface area (Å²) in [6.07, 6.45) is 3.42. The first kappa shape index (κ1) is 22.2. The van der Waals surface area contributed by atoms with E-state index in [1.165, 1.54) is 0 Å². The summed E-state index contributed by atoms with van der Waals surface area (Å²) in [5.74, 6) is 0.426. The van der Waals surface area contributed by atoms with E-state index in [1.807, 2.05) is 32.9 Å². The zero-order valence-corrected chi connectivity index (χ0v) is 19.1. The van der Waals surface area contributed by atoms with Crippen molar-refractivity contribution >= 4 is 17.4 Å². The molecule has 2 N–H and O–H groups in total. The minimum absolute atomic E-state index is 0.0490. The molecular weight excluding hydrogens is 440 g/mol. The molecule has 0 radical (unpaired) electrons. The maximum absolute atomic E-state index is 12.7. The van der Waals surface area contributed by atoms with Crippen LogP contribution in [-0.4, -0.2) is 29.5 Å². The molecule has 0 atom stereocenters.